The molecule has 0 radical (unpaired) electrons. The lowest BCUT2D eigenvalue weighted by Gasteiger charge is -2.14. The summed E-state index contributed by atoms with van der Waals surface area (Å²) in [6, 6.07) is 6.76. The van der Waals surface area contributed by atoms with Crippen LogP contribution >= 0.6 is 0 Å². The highest BCUT2D eigenvalue weighted by Crippen LogP contribution is 2.40. The van der Waals surface area contributed by atoms with Gasteiger partial charge in [0.1, 0.15) is 11.5 Å². The third-order valence-electron chi connectivity index (χ3n) is 3.09. The van der Waals surface area contributed by atoms with Crippen LogP contribution in [0.15, 0.2) is 30.3 Å². The number of ether oxygens (including phenoxy) is 3. The SMILES string of the molecule is COc1cc(NC(=O)c2cc(O)cc(O)c2)cc(OC)c1OC. The number of rotatable bonds is 5. The zero-order valence-electron chi connectivity index (χ0n) is 12.9. The molecule has 3 N–H and O–H groups in total. The van der Waals surface area contributed by atoms with Crippen molar-refractivity contribution in [2.45, 2.75) is 0 Å². The highest BCUT2D eigenvalue weighted by atomic mass is 16.5. The Labute approximate surface area is 133 Å². The predicted octanol–water partition coefficient (Wildman–Crippen LogP) is 2.38. The lowest BCUT2D eigenvalue weighted by atomic mass is 10.1. The van der Waals surface area contributed by atoms with Crippen molar-refractivity contribution in [2.24, 2.45) is 0 Å². The molecule has 0 unspecified atom stereocenters. The Morgan fingerprint density at radius 2 is 1.39 bits per heavy atom. The largest absolute Gasteiger partial charge is 0.508 e. The minimum atomic E-state index is -0.509. The monoisotopic (exact) mass is 319 g/mol. The molecule has 0 aliphatic rings. The molecule has 122 valence electrons. The second kappa shape index (κ2) is 6.78. The van der Waals surface area contributed by atoms with Gasteiger partial charge in [0.2, 0.25) is 5.75 Å². The van der Waals surface area contributed by atoms with Crippen LogP contribution in [0.3, 0.4) is 0 Å². The lowest BCUT2D eigenvalue weighted by molar-refractivity contribution is 0.102. The summed E-state index contributed by atoms with van der Waals surface area (Å²) in [5, 5.41) is 21.5. The molecule has 0 atom stereocenters. The third kappa shape index (κ3) is 3.57. The molecule has 1 amide bonds. The van der Waals surface area contributed by atoms with Gasteiger partial charge in [-0.2, -0.15) is 0 Å². The van der Waals surface area contributed by atoms with Gasteiger partial charge in [-0.3, -0.25) is 4.79 Å². The van der Waals surface area contributed by atoms with Gasteiger partial charge in [-0.1, -0.05) is 0 Å². The van der Waals surface area contributed by atoms with E-state index in [0.29, 0.717) is 22.9 Å². The molecule has 0 aliphatic heterocycles. The van der Waals surface area contributed by atoms with E-state index in [1.807, 2.05) is 0 Å². The zero-order chi connectivity index (χ0) is 17.0. The summed E-state index contributed by atoms with van der Waals surface area (Å²) in [6.45, 7) is 0. The fourth-order valence-corrected chi connectivity index (χ4v) is 2.08. The van der Waals surface area contributed by atoms with Crippen LogP contribution in [0, 0.1) is 0 Å². The number of phenolic OH excluding ortho intramolecular Hbond substituents is 2. The van der Waals surface area contributed by atoms with Gasteiger partial charge >= 0.3 is 0 Å². The maximum absolute atomic E-state index is 12.2. The number of carbonyl (C=O) groups is 1. The smallest absolute Gasteiger partial charge is 0.255 e. The van der Waals surface area contributed by atoms with E-state index >= 15 is 0 Å². The Kier molecular flexibility index (Phi) is 4.80. The molecule has 23 heavy (non-hydrogen) atoms. The Hall–Kier alpha value is -3.09. The lowest BCUT2D eigenvalue weighted by Crippen LogP contribution is -2.12. The summed E-state index contributed by atoms with van der Waals surface area (Å²) in [5.41, 5.74) is 0.517. The molecular weight excluding hydrogens is 302 g/mol. The molecule has 7 nitrogen and oxygen atoms in total. The minimum absolute atomic E-state index is 0.108. The van der Waals surface area contributed by atoms with Crippen LogP contribution in [0.4, 0.5) is 5.69 Å². The predicted molar refractivity (Wildman–Crippen MR) is 83.8 cm³/mol. The molecule has 0 spiro atoms. The average molecular weight is 319 g/mol. The first-order chi connectivity index (χ1) is 11.0. The number of hydrogen-bond acceptors (Lipinski definition) is 6. The van der Waals surface area contributed by atoms with Crippen LogP contribution in [0.5, 0.6) is 28.7 Å². The van der Waals surface area contributed by atoms with Crippen molar-refractivity contribution in [3.63, 3.8) is 0 Å². The van der Waals surface area contributed by atoms with Crippen molar-refractivity contribution in [1.82, 2.24) is 0 Å². The van der Waals surface area contributed by atoms with Gasteiger partial charge in [-0.15, -0.1) is 0 Å². The van der Waals surface area contributed by atoms with E-state index < -0.39 is 5.91 Å². The Morgan fingerprint density at radius 3 is 1.83 bits per heavy atom. The highest BCUT2D eigenvalue weighted by molar-refractivity contribution is 6.05. The maximum atomic E-state index is 12.2. The summed E-state index contributed by atoms with van der Waals surface area (Å²) in [7, 11) is 4.42. The summed E-state index contributed by atoms with van der Waals surface area (Å²) in [5.74, 6) is 0.260. The topological polar surface area (TPSA) is 97.3 Å². The van der Waals surface area contributed by atoms with E-state index in [2.05, 4.69) is 5.32 Å². The third-order valence-corrected chi connectivity index (χ3v) is 3.09. The minimum Gasteiger partial charge on any atom is -0.508 e. The van der Waals surface area contributed by atoms with E-state index in [0.717, 1.165) is 6.07 Å². The van der Waals surface area contributed by atoms with Crippen molar-refractivity contribution in [1.29, 1.82) is 0 Å². The van der Waals surface area contributed by atoms with Crippen molar-refractivity contribution >= 4 is 11.6 Å². The van der Waals surface area contributed by atoms with Crippen LogP contribution in [-0.2, 0) is 0 Å². The van der Waals surface area contributed by atoms with Gasteiger partial charge in [-0.05, 0) is 12.1 Å². The van der Waals surface area contributed by atoms with Gasteiger partial charge < -0.3 is 29.7 Å². The maximum Gasteiger partial charge on any atom is 0.255 e. The molecule has 2 rings (SSSR count). The molecule has 2 aromatic carbocycles. The van der Waals surface area contributed by atoms with Crippen LogP contribution in [0.1, 0.15) is 10.4 Å². The first-order valence-corrected chi connectivity index (χ1v) is 6.63. The van der Waals surface area contributed by atoms with E-state index in [1.54, 1.807) is 12.1 Å². The Bertz CT molecular complexity index is 683. The highest BCUT2D eigenvalue weighted by Gasteiger charge is 2.15. The van der Waals surface area contributed by atoms with Gasteiger partial charge in [0.25, 0.3) is 5.91 Å². The number of phenols is 2. The summed E-state index contributed by atoms with van der Waals surface area (Å²) >= 11 is 0. The molecule has 0 saturated heterocycles. The van der Waals surface area contributed by atoms with Crippen molar-refractivity contribution in [3.8, 4) is 28.7 Å². The first kappa shape index (κ1) is 16.3. The summed E-state index contributed by atoms with van der Waals surface area (Å²) in [4.78, 5) is 12.2. The quantitative estimate of drug-likeness (QED) is 0.783. The van der Waals surface area contributed by atoms with E-state index in [9.17, 15) is 15.0 Å². The van der Waals surface area contributed by atoms with Gasteiger partial charge in [0.05, 0.1) is 21.3 Å². The average Bonchev–Trinajstić information content (AvgIpc) is 2.52. The van der Waals surface area contributed by atoms with E-state index in [4.69, 9.17) is 14.2 Å². The summed E-state index contributed by atoms with van der Waals surface area (Å²) < 4.78 is 15.6. The fourth-order valence-electron chi connectivity index (χ4n) is 2.08. The standard InChI is InChI=1S/C16H17NO6/c1-21-13-6-10(7-14(22-2)15(13)23-3)17-16(20)9-4-11(18)8-12(19)5-9/h4-8,18-19H,1-3H3,(H,17,20). The van der Waals surface area contributed by atoms with E-state index in [-0.39, 0.29) is 17.1 Å². The summed E-state index contributed by atoms with van der Waals surface area (Å²) in [6.07, 6.45) is 0. The second-order valence-electron chi connectivity index (χ2n) is 4.61. The van der Waals surface area contributed by atoms with Gasteiger partial charge in [0.15, 0.2) is 11.5 Å². The van der Waals surface area contributed by atoms with Crippen molar-refractivity contribution < 1.29 is 29.2 Å². The van der Waals surface area contributed by atoms with Crippen LogP contribution in [-0.4, -0.2) is 37.4 Å². The Morgan fingerprint density at radius 1 is 0.870 bits per heavy atom. The van der Waals surface area contributed by atoms with E-state index in [1.165, 1.54) is 33.5 Å². The molecule has 0 saturated carbocycles. The first-order valence-electron chi connectivity index (χ1n) is 6.63. The number of carbonyl (C=O) groups excluding carboxylic acids is 1. The van der Waals surface area contributed by atoms with Crippen LogP contribution < -0.4 is 19.5 Å². The molecule has 0 heterocycles. The molecular formula is C16H17NO6. The Balaban J connectivity index is 2.34. The van der Waals surface area contributed by atoms with Gasteiger partial charge in [0, 0.05) is 29.4 Å². The number of methoxy groups -OCH3 is 3. The second-order valence-corrected chi connectivity index (χ2v) is 4.61. The van der Waals surface area contributed by atoms with Crippen LogP contribution in [0.25, 0.3) is 0 Å². The number of hydrogen-bond donors (Lipinski definition) is 3. The molecule has 2 aromatic rings. The number of benzene rings is 2. The molecule has 7 heteroatoms. The normalized spacial score (nSPS) is 10.0. The number of aromatic hydroxyl groups is 2. The number of amides is 1. The fraction of sp³-hybridized carbons (Fsp3) is 0.188. The van der Waals surface area contributed by atoms with Crippen molar-refractivity contribution in [3.05, 3.63) is 35.9 Å². The molecule has 0 aromatic heterocycles. The number of nitrogens with one attached hydrogen (secondary N) is 1. The molecule has 0 bridgehead atoms. The van der Waals surface area contributed by atoms with Gasteiger partial charge in [-0.25, -0.2) is 0 Å². The van der Waals surface area contributed by atoms with Crippen molar-refractivity contribution in [2.75, 3.05) is 26.6 Å². The zero-order valence-corrected chi connectivity index (χ0v) is 12.9. The molecule has 0 fully saturated rings. The number of anilines is 1. The van der Waals surface area contributed by atoms with Crippen LogP contribution in [0.2, 0.25) is 0 Å². The molecule has 0 aliphatic carbocycles.